The van der Waals surface area contributed by atoms with Crippen molar-refractivity contribution in [3.8, 4) is 11.5 Å². The molecule has 0 unspecified atom stereocenters. The molecule has 32 heavy (non-hydrogen) atoms. The molecular weight excluding hydrogens is 402 g/mol. The van der Waals surface area contributed by atoms with Crippen LogP contribution in [0.2, 0.25) is 0 Å². The van der Waals surface area contributed by atoms with Gasteiger partial charge in [0.05, 0.1) is 0 Å². The number of imide groups is 1. The van der Waals surface area contributed by atoms with Crippen molar-refractivity contribution in [2.45, 2.75) is 26.3 Å². The zero-order valence-electron chi connectivity index (χ0n) is 18.4. The summed E-state index contributed by atoms with van der Waals surface area (Å²) >= 11 is 0. The number of carbonyl (C=O) groups excluding carboxylic acids is 2. The Morgan fingerprint density at radius 3 is 1.97 bits per heavy atom. The molecule has 6 heteroatoms. The third-order valence-corrected chi connectivity index (χ3v) is 6.13. The van der Waals surface area contributed by atoms with Gasteiger partial charge in [0, 0.05) is 65.8 Å². The number of hydrogen-bond donors (Lipinski definition) is 2. The first-order valence-electron chi connectivity index (χ1n) is 10.9. The second kappa shape index (κ2) is 7.41. The number of amides is 2. The van der Waals surface area contributed by atoms with Crippen LogP contribution in [0, 0.1) is 0 Å². The minimum atomic E-state index is -1.09. The molecule has 0 fully saturated rings. The molecule has 2 N–H and O–H groups in total. The average Bonchev–Trinajstić information content (AvgIpc) is 3.04. The third kappa shape index (κ3) is 2.65. The van der Waals surface area contributed by atoms with Crippen LogP contribution >= 0.6 is 0 Å². The molecule has 6 nitrogen and oxygen atoms in total. The third-order valence-electron chi connectivity index (χ3n) is 6.13. The minimum absolute atomic E-state index is 0.293. The molecule has 3 aromatic rings. The van der Waals surface area contributed by atoms with E-state index in [0.29, 0.717) is 17.1 Å². The Morgan fingerprint density at radius 2 is 1.44 bits per heavy atom. The lowest BCUT2D eigenvalue weighted by atomic mass is 9.74. The van der Waals surface area contributed by atoms with Gasteiger partial charge in [-0.3, -0.25) is 14.5 Å². The van der Waals surface area contributed by atoms with E-state index in [0.717, 1.165) is 41.2 Å². The summed E-state index contributed by atoms with van der Waals surface area (Å²) in [5, 5.41) is 6.63. The van der Waals surface area contributed by atoms with Crippen LogP contribution in [0.5, 0.6) is 11.5 Å². The van der Waals surface area contributed by atoms with Crippen LogP contribution in [0.15, 0.2) is 60.7 Å². The highest BCUT2D eigenvalue weighted by atomic mass is 16.5. The van der Waals surface area contributed by atoms with E-state index in [9.17, 15) is 9.59 Å². The fourth-order valence-electron chi connectivity index (χ4n) is 4.99. The van der Waals surface area contributed by atoms with E-state index in [1.165, 1.54) is 11.8 Å². The highest BCUT2D eigenvalue weighted by Gasteiger charge is 2.57. The Kier molecular flexibility index (Phi) is 4.66. The molecule has 2 amide bonds. The maximum atomic E-state index is 13.5. The van der Waals surface area contributed by atoms with E-state index in [4.69, 9.17) is 4.74 Å². The highest BCUT2D eigenvalue weighted by Crippen LogP contribution is 2.58. The lowest BCUT2D eigenvalue weighted by Gasteiger charge is -2.43. The molecule has 5 rings (SSSR count). The van der Waals surface area contributed by atoms with E-state index in [-0.39, 0.29) is 11.8 Å². The summed E-state index contributed by atoms with van der Waals surface area (Å²) in [5.41, 5.74) is 3.62. The first-order chi connectivity index (χ1) is 15.5. The molecule has 0 bridgehead atoms. The van der Waals surface area contributed by atoms with Crippen molar-refractivity contribution in [1.29, 1.82) is 0 Å². The van der Waals surface area contributed by atoms with Gasteiger partial charge < -0.3 is 15.4 Å². The summed E-state index contributed by atoms with van der Waals surface area (Å²) in [6.45, 7) is 7.05. The molecular formula is C26H25N3O3. The van der Waals surface area contributed by atoms with Gasteiger partial charge in [0.15, 0.2) is 0 Å². The number of nitrogens with zero attached hydrogens (tertiary/aromatic N) is 1. The van der Waals surface area contributed by atoms with Crippen LogP contribution < -0.4 is 15.4 Å². The van der Waals surface area contributed by atoms with Crippen LogP contribution in [0.25, 0.3) is 0 Å². The van der Waals surface area contributed by atoms with E-state index in [1.807, 2.05) is 68.4 Å². The molecule has 3 aromatic carbocycles. The van der Waals surface area contributed by atoms with Gasteiger partial charge in [0.2, 0.25) is 5.91 Å². The summed E-state index contributed by atoms with van der Waals surface area (Å²) in [4.78, 5) is 27.9. The molecule has 2 aliphatic rings. The smallest absolute Gasteiger partial charge is 0.262 e. The molecule has 162 valence electrons. The number of anilines is 2. The Balaban J connectivity index is 1.87. The fourth-order valence-corrected chi connectivity index (χ4v) is 4.99. The summed E-state index contributed by atoms with van der Waals surface area (Å²) in [6, 6.07) is 19.2. The van der Waals surface area contributed by atoms with Gasteiger partial charge >= 0.3 is 0 Å². The number of benzene rings is 3. The molecule has 1 spiro atoms. The molecule has 2 aliphatic heterocycles. The Labute approximate surface area is 187 Å². The standard InChI is InChI=1S/C26H25N3O3/c1-4-27-17-10-12-21-23(14-17)32-24-15-18(28-5-2)11-13-22(24)26(21)20-9-7-6-8-19(20)25(31)29(26)16(3)30/h6-15,27-28H,4-5H2,1-3H3. The molecule has 0 radical (unpaired) electrons. The van der Waals surface area contributed by atoms with E-state index in [1.54, 1.807) is 6.07 Å². The van der Waals surface area contributed by atoms with Gasteiger partial charge in [-0.05, 0) is 32.0 Å². The molecule has 0 aliphatic carbocycles. The Morgan fingerprint density at radius 1 is 0.875 bits per heavy atom. The van der Waals surface area contributed by atoms with Crippen molar-refractivity contribution >= 4 is 23.2 Å². The largest absolute Gasteiger partial charge is 0.456 e. The maximum Gasteiger partial charge on any atom is 0.262 e. The quantitative estimate of drug-likeness (QED) is 0.617. The number of fused-ring (bicyclic) bond motifs is 6. The normalized spacial score (nSPS) is 15.0. The summed E-state index contributed by atoms with van der Waals surface area (Å²) in [7, 11) is 0. The zero-order valence-corrected chi connectivity index (χ0v) is 18.4. The predicted molar refractivity (Wildman–Crippen MR) is 124 cm³/mol. The van der Waals surface area contributed by atoms with E-state index in [2.05, 4.69) is 10.6 Å². The van der Waals surface area contributed by atoms with Gasteiger partial charge in [-0.1, -0.05) is 30.3 Å². The molecule has 0 atom stereocenters. The topological polar surface area (TPSA) is 70.7 Å². The Hall–Kier alpha value is -3.80. The lowest BCUT2D eigenvalue weighted by Crippen LogP contribution is -2.49. The maximum absolute atomic E-state index is 13.5. The second-order valence-corrected chi connectivity index (χ2v) is 8.00. The van der Waals surface area contributed by atoms with Gasteiger partial charge in [0.1, 0.15) is 17.0 Å². The fraction of sp³-hybridized carbons (Fsp3) is 0.231. The molecule has 0 saturated heterocycles. The summed E-state index contributed by atoms with van der Waals surface area (Å²) < 4.78 is 6.39. The van der Waals surface area contributed by atoms with Crippen molar-refractivity contribution in [3.05, 3.63) is 82.9 Å². The highest BCUT2D eigenvalue weighted by molar-refractivity contribution is 6.11. The number of carbonyl (C=O) groups is 2. The molecule has 2 heterocycles. The number of nitrogens with one attached hydrogen (secondary N) is 2. The van der Waals surface area contributed by atoms with Crippen LogP contribution in [-0.2, 0) is 10.3 Å². The van der Waals surface area contributed by atoms with Crippen molar-refractivity contribution in [1.82, 2.24) is 4.90 Å². The van der Waals surface area contributed by atoms with Crippen molar-refractivity contribution in [2.75, 3.05) is 23.7 Å². The number of rotatable bonds is 4. The van der Waals surface area contributed by atoms with Crippen LogP contribution in [-0.4, -0.2) is 29.8 Å². The van der Waals surface area contributed by atoms with Crippen molar-refractivity contribution < 1.29 is 14.3 Å². The first-order valence-corrected chi connectivity index (χ1v) is 10.9. The average molecular weight is 428 g/mol. The number of hydrogen-bond acceptors (Lipinski definition) is 5. The first kappa shape index (κ1) is 20.1. The zero-order chi connectivity index (χ0) is 22.5. The van der Waals surface area contributed by atoms with E-state index < -0.39 is 5.54 Å². The summed E-state index contributed by atoms with van der Waals surface area (Å²) in [5.74, 6) is 0.649. The molecule has 0 aromatic heterocycles. The van der Waals surface area contributed by atoms with Crippen LogP contribution in [0.3, 0.4) is 0 Å². The van der Waals surface area contributed by atoms with Crippen LogP contribution in [0.1, 0.15) is 47.8 Å². The second-order valence-electron chi connectivity index (χ2n) is 8.00. The van der Waals surface area contributed by atoms with Crippen molar-refractivity contribution in [2.24, 2.45) is 0 Å². The van der Waals surface area contributed by atoms with Crippen LogP contribution in [0.4, 0.5) is 11.4 Å². The lowest BCUT2D eigenvalue weighted by molar-refractivity contribution is -0.129. The van der Waals surface area contributed by atoms with Crippen molar-refractivity contribution in [3.63, 3.8) is 0 Å². The van der Waals surface area contributed by atoms with E-state index >= 15 is 0 Å². The Bertz CT molecular complexity index is 1200. The monoisotopic (exact) mass is 427 g/mol. The molecule has 0 saturated carbocycles. The van der Waals surface area contributed by atoms with Gasteiger partial charge in [-0.2, -0.15) is 0 Å². The SMILES string of the molecule is CCNc1ccc2c(c1)Oc1cc(NCC)ccc1C21c2ccccc2C(=O)N1C(C)=O. The number of ether oxygens (including phenoxy) is 1. The summed E-state index contributed by atoms with van der Waals surface area (Å²) in [6.07, 6.45) is 0. The minimum Gasteiger partial charge on any atom is -0.456 e. The van der Waals surface area contributed by atoms with Gasteiger partial charge in [-0.15, -0.1) is 0 Å². The van der Waals surface area contributed by atoms with Gasteiger partial charge in [0.25, 0.3) is 5.91 Å². The predicted octanol–water partition coefficient (Wildman–Crippen LogP) is 4.95. The van der Waals surface area contributed by atoms with Gasteiger partial charge in [-0.25, -0.2) is 0 Å².